The summed E-state index contributed by atoms with van der Waals surface area (Å²) in [6.07, 6.45) is 5.22. The second kappa shape index (κ2) is 9.71. The van der Waals surface area contributed by atoms with Crippen molar-refractivity contribution in [1.82, 2.24) is 15.5 Å². The molecule has 1 saturated heterocycles. The Labute approximate surface area is 167 Å². The van der Waals surface area contributed by atoms with E-state index in [1.807, 2.05) is 18.2 Å². The normalized spacial score (nSPS) is 15.9. The molecule has 0 unspecified atom stereocenters. The van der Waals surface area contributed by atoms with Crippen molar-refractivity contribution in [3.63, 3.8) is 0 Å². The quantitative estimate of drug-likeness (QED) is 0.703. The van der Waals surface area contributed by atoms with Crippen LogP contribution in [0.5, 0.6) is 0 Å². The SMILES string of the molecule is O=C(CNC(=O)c1ccccc1Br)NC[C@@H](c1ccco1)N1CCCCC1. The van der Waals surface area contributed by atoms with Gasteiger partial charge in [-0.3, -0.25) is 14.5 Å². The maximum atomic E-state index is 12.2. The zero-order valence-corrected chi connectivity index (χ0v) is 16.7. The highest BCUT2D eigenvalue weighted by atomic mass is 79.9. The van der Waals surface area contributed by atoms with Crippen molar-refractivity contribution in [2.45, 2.75) is 25.3 Å². The van der Waals surface area contributed by atoms with Gasteiger partial charge < -0.3 is 15.1 Å². The van der Waals surface area contributed by atoms with Gasteiger partial charge in [0, 0.05) is 11.0 Å². The van der Waals surface area contributed by atoms with Crippen molar-refractivity contribution in [1.29, 1.82) is 0 Å². The number of rotatable bonds is 7. The van der Waals surface area contributed by atoms with E-state index in [0.717, 1.165) is 31.7 Å². The number of halogens is 1. The Balaban J connectivity index is 1.52. The number of hydrogen-bond donors (Lipinski definition) is 2. The van der Waals surface area contributed by atoms with Crippen LogP contribution in [0.25, 0.3) is 0 Å². The molecule has 2 amide bonds. The molecule has 1 aromatic heterocycles. The highest BCUT2D eigenvalue weighted by Gasteiger charge is 2.25. The first-order valence-corrected chi connectivity index (χ1v) is 10.0. The van der Waals surface area contributed by atoms with Gasteiger partial charge in [-0.25, -0.2) is 0 Å². The monoisotopic (exact) mass is 433 g/mol. The molecule has 1 atom stereocenters. The molecule has 0 bridgehead atoms. The lowest BCUT2D eigenvalue weighted by Crippen LogP contribution is -2.43. The van der Waals surface area contributed by atoms with Gasteiger partial charge >= 0.3 is 0 Å². The molecule has 2 N–H and O–H groups in total. The Morgan fingerprint density at radius 2 is 1.85 bits per heavy atom. The molecule has 27 heavy (non-hydrogen) atoms. The molecule has 0 spiro atoms. The number of likely N-dealkylation sites (tertiary alicyclic amines) is 1. The summed E-state index contributed by atoms with van der Waals surface area (Å²) >= 11 is 3.34. The van der Waals surface area contributed by atoms with Gasteiger partial charge in [0.15, 0.2) is 0 Å². The second-order valence-corrected chi connectivity index (χ2v) is 7.45. The van der Waals surface area contributed by atoms with Crippen LogP contribution >= 0.6 is 15.9 Å². The summed E-state index contributed by atoms with van der Waals surface area (Å²) in [4.78, 5) is 26.8. The van der Waals surface area contributed by atoms with Gasteiger partial charge in [0.25, 0.3) is 5.91 Å². The average molecular weight is 434 g/mol. The third-order valence-corrected chi connectivity index (χ3v) is 5.42. The van der Waals surface area contributed by atoms with Crippen LogP contribution in [0.4, 0.5) is 0 Å². The van der Waals surface area contributed by atoms with Crippen molar-refractivity contribution < 1.29 is 14.0 Å². The summed E-state index contributed by atoms with van der Waals surface area (Å²) in [7, 11) is 0. The maximum absolute atomic E-state index is 12.2. The van der Waals surface area contributed by atoms with Gasteiger partial charge in [-0.2, -0.15) is 0 Å². The van der Waals surface area contributed by atoms with Crippen LogP contribution in [0.3, 0.4) is 0 Å². The van der Waals surface area contributed by atoms with Crippen molar-refractivity contribution >= 4 is 27.7 Å². The zero-order valence-electron chi connectivity index (χ0n) is 15.1. The van der Waals surface area contributed by atoms with E-state index in [9.17, 15) is 9.59 Å². The predicted octanol–water partition coefficient (Wildman–Crippen LogP) is 3.12. The fourth-order valence-electron chi connectivity index (χ4n) is 3.29. The Kier molecular flexibility index (Phi) is 7.06. The van der Waals surface area contributed by atoms with Gasteiger partial charge in [-0.15, -0.1) is 0 Å². The van der Waals surface area contributed by atoms with Gasteiger partial charge in [0.05, 0.1) is 24.4 Å². The van der Waals surface area contributed by atoms with Crippen LogP contribution in [0.15, 0.2) is 51.6 Å². The second-order valence-electron chi connectivity index (χ2n) is 6.59. The molecule has 1 fully saturated rings. The molecule has 2 aromatic rings. The van der Waals surface area contributed by atoms with E-state index < -0.39 is 0 Å². The minimum atomic E-state index is -0.281. The zero-order chi connectivity index (χ0) is 19.1. The van der Waals surface area contributed by atoms with Gasteiger partial charge in [0.2, 0.25) is 5.91 Å². The number of hydrogen-bond acceptors (Lipinski definition) is 4. The Morgan fingerprint density at radius 3 is 2.56 bits per heavy atom. The standard InChI is InChI=1S/C20H24BrN3O3/c21-16-8-3-2-7-15(16)20(26)23-14-19(25)22-13-17(18-9-6-12-27-18)24-10-4-1-5-11-24/h2-3,6-9,12,17H,1,4-5,10-11,13-14H2,(H,22,25)(H,23,26)/t17-/m0/s1. The van der Waals surface area contributed by atoms with Crippen LogP contribution in [-0.2, 0) is 4.79 Å². The summed E-state index contributed by atoms with van der Waals surface area (Å²) in [5, 5.41) is 5.58. The third-order valence-electron chi connectivity index (χ3n) is 4.72. The Bertz CT molecular complexity index is 758. The molecule has 7 heteroatoms. The molecule has 0 saturated carbocycles. The van der Waals surface area contributed by atoms with Crippen LogP contribution in [-0.4, -0.2) is 42.9 Å². The van der Waals surface area contributed by atoms with Crippen molar-refractivity contribution in [3.8, 4) is 0 Å². The van der Waals surface area contributed by atoms with E-state index in [1.165, 1.54) is 6.42 Å². The van der Waals surface area contributed by atoms with Crippen LogP contribution < -0.4 is 10.6 Å². The van der Waals surface area contributed by atoms with E-state index in [2.05, 4.69) is 31.5 Å². The summed E-state index contributed by atoms with van der Waals surface area (Å²) in [6.45, 7) is 2.39. The number of nitrogens with zero attached hydrogens (tertiary/aromatic N) is 1. The highest BCUT2D eigenvalue weighted by molar-refractivity contribution is 9.10. The molecule has 1 aliphatic heterocycles. The van der Waals surface area contributed by atoms with E-state index in [4.69, 9.17) is 4.42 Å². The fraction of sp³-hybridized carbons (Fsp3) is 0.400. The minimum absolute atomic E-state index is 0.0169. The number of benzene rings is 1. The molecule has 3 rings (SSSR count). The number of amides is 2. The van der Waals surface area contributed by atoms with E-state index >= 15 is 0 Å². The first-order chi connectivity index (χ1) is 13.1. The molecule has 6 nitrogen and oxygen atoms in total. The summed E-state index contributed by atoms with van der Waals surface area (Å²) in [6, 6.07) is 11.0. The maximum Gasteiger partial charge on any atom is 0.252 e. The molecule has 0 radical (unpaired) electrons. The summed E-state index contributed by atoms with van der Waals surface area (Å²) in [5.41, 5.74) is 0.507. The molecular weight excluding hydrogens is 410 g/mol. The van der Waals surface area contributed by atoms with E-state index in [-0.39, 0.29) is 24.4 Å². The third kappa shape index (κ3) is 5.43. The van der Waals surface area contributed by atoms with Crippen LogP contribution in [0, 0.1) is 0 Å². The molecule has 1 aliphatic rings. The highest BCUT2D eigenvalue weighted by Crippen LogP contribution is 2.24. The predicted molar refractivity (Wildman–Crippen MR) is 106 cm³/mol. The number of carbonyl (C=O) groups is 2. The lowest BCUT2D eigenvalue weighted by atomic mass is 10.1. The van der Waals surface area contributed by atoms with Gasteiger partial charge in [-0.05, 0) is 66.1 Å². The lowest BCUT2D eigenvalue weighted by molar-refractivity contribution is -0.120. The van der Waals surface area contributed by atoms with Crippen LogP contribution in [0.2, 0.25) is 0 Å². The Morgan fingerprint density at radius 1 is 1.07 bits per heavy atom. The Hall–Kier alpha value is -2.12. The topological polar surface area (TPSA) is 74.6 Å². The van der Waals surface area contributed by atoms with Gasteiger partial charge in [0.1, 0.15) is 5.76 Å². The largest absolute Gasteiger partial charge is 0.468 e. The molecule has 2 heterocycles. The lowest BCUT2D eigenvalue weighted by Gasteiger charge is -2.33. The van der Waals surface area contributed by atoms with Crippen molar-refractivity contribution in [3.05, 3.63) is 58.5 Å². The smallest absolute Gasteiger partial charge is 0.252 e. The van der Waals surface area contributed by atoms with Crippen molar-refractivity contribution in [2.24, 2.45) is 0 Å². The molecular formula is C20H24BrN3O3. The molecule has 144 valence electrons. The summed E-state index contributed by atoms with van der Waals surface area (Å²) in [5.74, 6) is 0.356. The summed E-state index contributed by atoms with van der Waals surface area (Å²) < 4.78 is 6.28. The van der Waals surface area contributed by atoms with Crippen molar-refractivity contribution in [2.75, 3.05) is 26.2 Å². The number of furan rings is 1. The number of carbonyl (C=O) groups excluding carboxylic acids is 2. The van der Waals surface area contributed by atoms with E-state index in [0.29, 0.717) is 16.6 Å². The average Bonchev–Trinajstić information content (AvgIpc) is 3.22. The first kappa shape index (κ1) is 19.6. The molecule has 1 aromatic carbocycles. The fourth-order valence-corrected chi connectivity index (χ4v) is 3.76. The minimum Gasteiger partial charge on any atom is -0.468 e. The number of nitrogens with one attached hydrogen (secondary N) is 2. The first-order valence-electron chi connectivity index (χ1n) is 9.22. The van der Waals surface area contributed by atoms with Gasteiger partial charge in [-0.1, -0.05) is 18.6 Å². The van der Waals surface area contributed by atoms with E-state index in [1.54, 1.807) is 24.5 Å². The van der Waals surface area contributed by atoms with Crippen LogP contribution in [0.1, 0.15) is 41.4 Å². The molecule has 0 aliphatic carbocycles. The number of piperidine rings is 1.